The van der Waals surface area contributed by atoms with Gasteiger partial charge in [-0.15, -0.1) is 6.42 Å². The second-order valence-corrected chi connectivity index (χ2v) is 5.47. The molecule has 4 atom stereocenters. The van der Waals surface area contributed by atoms with Gasteiger partial charge in [-0.1, -0.05) is 19.8 Å². The normalized spacial score (nSPS) is 30.1. The van der Waals surface area contributed by atoms with Crippen LogP contribution in [0.4, 0.5) is 11.8 Å². The Balaban J connectivity index is 0.00000192. The molecule has 2 aromatic rings. The van der Waals surface area contributed by atoms with Crippen molar-refractivity contribution in [3.63, 3.8) is 0 Å². The first-order valence-electron chi connectivity index (χ1n) is 7.02. The van der Waals surface area contributed by atoms with Crippen LogP contribution in [0.3, 0.4) is 0 Å². The molecule has 2 aromatic heterocycles. The fourth-order valence-electron chi connectivity index (χ4n) is 2.95. The molecule has 1 fully saturated rings. The van der Waals surface area contributed by atoms with E-state index < -0.39 is 17.9 Å². The maximum atomic E-state index is 10.6. The molecule has 23 heavy (non-hydrogen) atoms. The van der Waals surface area contributed by atoms with E-state index >= 15 is 0 Å². The van der Waals surface area contributed by atoms with Gasteiger partial charge < -0.3 is 21.3 Å². The van der Waals surface area contributed by atoms with Gasteiger partial charge in [-0.2, -0.15) is 9.97 Å². The van der Waals surface area contributed by atoms with E-state index in [9.17, 15) is 5.11 Å². The molecule has 1 aliphatic heterocycles. The number of aliphatic hydroxyl groups is 1. The number of ether oxygens (including phenoxy) is 1. The van der Waals surface area contributed by atoms with Crippen molar-refractivity contribution < 1.29 is 53.9 Å². The quantitative estimate of drug-likeness (QED) is 0.478. The van der Waals surface area contributed by atoms with Crippen LogP contribution in [-0.4, -0.2) is 36.3 Å². The summed E-state index contributed by atoms with van der Waals surface area (Å²) in [6, 6.07) is 0. The predicted octanol–water partition coefficient (Wildman–Crippen LogP) is 0.298. The molecule has 0 amide bonds. The molecule has 8 nitrogen and oxygen atoms in total. The minimum absolute atomic E-state index is 0. The average molecular weight is 529 g/mol. The summed E-state index contributed by atoms with van der Waals surface area (Å²) in [7, 11) is 0. The van der Waals surface area contributed by atoms with Gasteiger partial charge in [0, 0.05) is 50.0 Å². The fraction of sp³-hybridized carbons (Fsp3) is 0.500. The van der Waals surface area contributed by atoms with Crippen molar-refractivity contribution in [2.45, 2.75) is 38.2 Å². The van der Waals surface area contributed by atoms with E-state index in [-0.39, 0.29) is 61.7 Å². The maximum absolute atomic E-state index is 10.6. The van der Waals surface area contributed by atoms with Crippen molar-refractivity contribution in [1.29, 1.82) is 0 Å². The topological polar surface area (TPSA) is 125 Å². The number of nitrogen functional groups attached to an aromatic ring is 2. The van der Waals surface area contributed by atoms with Crippen LogP contribution in [0.25, 0.3) is 11.2 Å². The van der Waals surface area contributed by atoms with E-state index in [1.165, 1.54) is 6.33 Å². The molecule has 119 valence electrons. The third kappa shape index (κ3) is 2.72. The summed E-state index contributed by atoms with van der Waals surface area (Å²) >= 11 is 0. The number of nitrogens with zero attached hydrogens (tertiary/aromatic N) is 4. The Kier molecular flexibility index (Phi) is 5.22. The number of aliphatic hydroxyl groups excluding tert-OH is 1. The van der Waals surface area contributed by atoms with E-state index in [1.54, 1.807) is 4.57 Å². The smallest absolute Gasteiger partial charge is 0.224 e. The number of imidazole rings is 1. The van der Waals surface area contributed by atoms with E-state index in [1.807, 2.05) is 13.8 Å². The first-order chi connectivity index (χ1) is 10.4. The minimum Gasteiger partial charge on any atom is -0.388 e. The molecule has 3 rings (SSSR count). The number of terminal acetylenes is 1. The van der Waals surface area contributed by atoms with Crippen LogP contribution < -0.4 is 11.5 Å². The summed E-state index contributed by atoms with van der Waals surface area (Å²) < 4.78 is 7.60. The third-order valence-corrected chi connectivity index (χ3v) is 4.38. The Labute approximate surface area is 169 Å². The molecule has 3 heterocycles. The summed E-state index contributed by atoms with van der Waals surface area (Å²) in [5.74, 6) is 2.65. The van der Waals surface area contributed by atoms with Gasteiger partial charge in [0.2, 0.25) is 5.95 Å². The third-order valence-electron chi connectivity index (χ3n) is 4.38. The van der Waals surface area contributed by atoms with E-state index in [4.69, 9.17) is 22.6 Å². The second-order valence-electron chi connectivity index (χ2n) is 5.47. The maximum Gasteiger partial charge on any atom is 0.224 e. The van der Waals surface area contributed by atoms with Crippen molar-refractivity contribution in [1.82, 2.24) is 19.5 Å². The summed E-state index contributed by atoms with van der Waals surface area (Å²) in [6.07, 6.45) is 6.21. The van der Waals surface area contributed by atoms with Crippen LogP contribution in [-0.2, 0) is 4.74 Å². The summed E-state index contributed by atoms with van der Waals surface area (Å²) in [5.41, 5.74) is 11.4. The molecule has 9 heteroatoms. The summed E-state index contributed by atoms with van der Waals surface area (Å²) in [6.45, 7) is 3.79. The monoisotopic (exact) mass is 529 g/mol. The van der Waals surface area contributed by atoms with E-state index in [2.05, 4.69) is 20.9 Å². The molecule has 0 aliphatic carbocycles. The molecule has 1 saturated heterocycles. The Morgan fingerprint density at radius 1 is 1.48 bits per heavy atom. The first kappa shape index (κ1) is 18.4. The van der Waals surface area contributed by atoms with Gasteiger partial charge in [0.05, 0.1) is 6.33 Å². The number of nitrogens with two attached hydrogens (primary N) is 2. The molecule has 0 saturated carbocycles. The summed E-state index contributed by atoms with van der Waals surface area (Å²) in [5, 5.41) is 10.6. The van der Waals surface area contributed by atoms with E-state index in [0.717, 1.165) is 0 Å². The van der Waals surface area contributed by atoms with Crippen LogP contribution in [0.5, 0.6) is 0 Å². The molecule has 0 bridgehead atoms. The van der Waals surface area contributed by atoms with Gasteiger partial charge in [0.1, 0.15) is 17.2 Å². The van der Waals surface area contributed by atoms with Crippen molar-refractivity contribution in [3.8, 4) is 12.3 Å². The molecule has 0 aromatic carbocycles. The molecule has 5 N–H and O–H groups in total. The molecular weight excluding hydrogens is 511 g/mol. The minimum atomic E-state index is -0.829. The number of aromatic nitrogens is 4. The van der Waals surface area contributed by atoms with Gasteiger partial charge in [0.25, 0.3) is 0 Å². The van der Waals surface area contributed by atoms with Crippen molar-refractivity contribution in [2.75, 3.05) is 11.5 Å². The fourth-order valence-corrected chi connectivity index (χ4v) is 2.95. The van der Waals surface area contributed by atoms with Crippen molar-refractivity contribution in [2.24, 2.45) is 5.92 Å². The largest absolute Gasteiger partial charge is 0.388 e. The Bertz CT molecular complexity index is 772. The number of anilines is 2. The van der Waals surface area contributed by atoms with Crippen LogP contribution >= 0.6 is 0 Å². The Morgan fingerprint density at radius 3 is 2.74 bits per heavy atom. The zero-order chi connectivity index (χ0) is 16.1. The number of hydrogen-bond acceptors (Lipinski definition) is 7. The van der Waals surface area contributed by atoms with Crippen LogP contribution in [0.15, 0.2) is 6.33 Å². The summed E-state index contributed by atoms with van der Waals surface area (Å²) in [4.78, 5) is 12.2. The second kappa shape index (κ2) is 6.52. The number of fused-ring (bicyclic) bond motifs is 1. The molecule has 0 spiro atoms. The Morgan fingerprint density at radius 2 is 2.17 bits per heavy atom. The standard InChI is InChI=1S/C14H18N6O2.Ac/c1-4-14(5-2)7(3)9(21)12(22-14)20-6-17-8-10(15)18-13(16)19-11(8)20;/h1,6-7,9,12,21H,5H2,2-3H3,(H4,15,16,18,19);. The SMILES string of the molecule is C#CC1(CC)OC(n2cnc3c(N)nc(N)nc32)C(O)C1C.[Ac]. The molecular formula is C14H18AcN6O2. The van der Waals surface area contributed by atoms with Crippen LogP contribution in [0.2, 0.25) is 0 Å². The molecule has 4 unspecified atom stereocenters. The Hall–Kier alpha value is -0.928. The van der Waals surface area contributed by atoms with Crippen molar-refractivity contribution in [3.05, 3.63) is 6.33 Å². The van der Waals surface area contributed by atoms with Gasteiger partial charge in [0.15, 0.2) is 17.7 Å². The van der Waals surface area contributed by atoms with E-state index in [0.29, 0.717) is 17.6 Å². The zero-order valence-corrected chi connectivity index (χ0v) is 17.7. The van der Waals surface area contributed by atoms with Gasteiger partial charge in [-0.25, -0.2) is 4.98 Å². The molecule has 1 radical (unpaired) electrons. The van der Waals surface area contributed by atoms with Gasteiger partial charge in [-0.3, -0.25) is 4.57 Å². The molecule has 1 aliphatic rings. The van der Waals surface area contributed by atoms with Crippen LogP contribution in [0, 0.1) is 62.3 Å². The predicted molar refractivity (Wildman–Crippen MR) is 81.3 cm³/mol. The van der Waals surface area contributed by atoms with Gasteiger partial charge >= 0.3 is 0 Å². The zero-order valence-electron chi connectivity index (χ0n) is 13.0. The first-order valence-corrected chi connectivity index (χ1v) is 7.02. The average Bonchev–Trinajstić information content (AvgIpc) is 3.01. The number of rotatable bonds is 2. The van der Waals surface area contributed by atoms with Gasteiger partial charge in [-0.05, 0) is 6.42 Å². The van der Waals surface area contributed by atoms with Crippen LogP contribution in [0.1, 0.15) is 26.5 Å². The number of hydrogen-bond donors (Lipinski definition) is 3. The van der Waals surface area contributed by atoms with Crippen molar-refractivity contribution >= 4 is 22.9 Å².